The summed E-state index contributed by atoms with van der Waals surface area (Å²) < 4.78 is 36.0. The lowest BCUT2D eigenvalue weighted by Gasteiger charge is -2.28. The van der Waals surface area contributed by atoms with Crippen molar-refractivity contribution in [2.75, 3.05) is 9.80 Å². The van der Waals surface area contributed by atoms with Crippen LogP contribution in [0.1, 0.15) is 192 Å². The van der Waals surface area contributed by atoms with E-state index in [2.05, 4.69) is 284 Å². The molecular formula is C96H108F2N4. The third-order valence-electron chi connectivity index (χ3n) is 21.3. The molecule has 0 aliphatic rings. The predicted octanol–water partition coefficient (Wildman–Crippen LogP) is 27.8. The van der Waals surface area contributed by atoms with Gasteiger partial charge >= 0.3 is 0 Å². The lowest BCUT2D eigenvalue weighted by Crippen LogP contribution is -2.35. The summed E-state index contributed by atoms with van der Waals surface area (Å²) in [5, 5.41) is 0. The van der Waals surface area contributed by atoms with Gasteiger partial charge in [-0.3, -0.25) is 0 Å². The second-order valence-electron chi connectivity index (χ2n) is 28.5. The van der Waals surface area contributed by atoms with Crippen molar-refractivity contribution in [3.05, 3.63) is 288 Å². The van der Waals surface area contributed by atoms with Gasteiger partial charge in [0.1, 0.15) is 11.6 Å². The second kappa shape index (κ2) is 35.1. The first-order valence-corrected chi connectivity index (χ1v) is 38.5. The van der Waals surface area contributed by atoms with Crippen molar-refractivity contribution < 1.29 is 8.78 Å². The zero-order valence-corrected chi connectivity index (χ0v) is 62.0. The van der Waals surface area contributed by atoms with E-state index in [1.807, 2.05) is 12.1 Å². The highest BCUT2D eigenvalue weighted by molar-refractivity contribution is 5.86. The van der Waals surface area contributed by atoms with Gasteiger partial charge in [0.15, 0.2) is 0 Å². The van der Waals surface area contributed by atoms with E-state index in [1.165, 1.54) is 11.1 Å². The summed E-state index contributed by atoms with van der Waals surface area (Å²) in [6, 6.07) is 85.6. The molecule has 2 atom stereocenters. The summed E-state index contributed by atoms with van der Waals surface area (Å²) in [6.45, 7) is 17.6. The minimum Gasteiger partial charge on any atom is -0.321 e. The maximum Gasteiger partial charge on any atom is 0.133 e. The summed E-state index contributed by atoms with van der Waals surface area (Å²) in [5.41, 5.74) is 37.1. The fourth-order valence-electron chi connectivity index (χ4n) is 15.2. The van der Waals surface area contributed by atoms with Crippen molar-refractivity contribution in [3.63, 3.8) is 0 Å². The molecule has 0 amide bonds. The fraction of sp³-hybridized carbons (Fsp3) is 0.312. The first-order chi connectivity index (χ1) is 49.7. The van der Waals surface area contributed by atoms with Crippen molar-refractivity contribution >= 4 is 34.1 Å². The van der Waals surface area contributed by atoms with Gasteiger partial charge in [0.25, 0.3) is 0 Å². The molecule has 0 saturated carbocycles. The number of nitrogens with two attached hydrogens (primary N) is 2. The van der Waals surface area contributed by atoms with E-state index in [0.717, 1.165) is 229 Å². The van der Waals surface area contributed by atoms with Crippen molar-refractivity contribution in [1.29, 1.82) is 0 Å². The van der Waals surface area contributed by atoms with Crippen molar-refractivity contribution in [3.8, 4) is 66.8 Å². The Morgan fingerprint density at radius 2 is 0.539 bits per heavy atom. The Balaban J connectivity index is 0.971. The lowest BCUT2D eigenvalue weighted by molar-refractivity contribution is 0.390. The Morgan fingerprint density at radius 1 is 0.265 bits per heavy atom. The van der Waals surface area contributed by atoms with Crippen LogP contribution in [0.15, 0.2) is 243 Å². The molecule has 11 aromatic rings. The quantitative estimate of drug-likeness (QED) is 0.0395. The molecule has 0 aliphatic heterocycles. The van der Waals surface area contributed by atoms with Crippen molar-refractivity contribution in [1.82, 2.24) is 0 Å². The number of rotatable bonds is 34. The molecule has 0 radical (unpaired) electrons. The maximum atomic E-state index is 18.0. The Hall–Kier alpha value is -9.20. The Labute approximate surface area is 609 Å². The smallest absolute Gasteiger partial charge is 0.133 e. The summed E-state index contributed by atoms with van der Waals surface area (Å²) in [5.74, 6) is -0.611. The summed E-state index contributed by atoms with van der Waals surface area (Å²) in [4.78, 5) is 4.32. The topological polar surface area (TPSA) is 58.5 Å². The molecule has 102 heavy (non-hydrogen) atoms. The van der Waals surface area contributed by atoms with E-state index in [9.17, 15) is 0 Å². The van der Waals surface area contributed by atoms with Crippen LogP contribution in [-0.2, 0) is 36.8 Å². The van der Waals surface area contributed by atoms with Gasteiger partial charge in [0.05, 0.1) is 0 Å². The minimum absolute atomic E-state index is 0.305. The average Bonchev–Trinajstić information content (AvgIpc) is 0.769. The van der Waals surface area contributed by atoms with Crippen LogP contribution < -0.4 is 21.3 Å². The van der Waals surface area contributed by atoms with Gasteiger partial charge in [-0.25, -0.2) is 8.78 Å². The normalized spacial score (nSPS) is 12.7. The van der Waals surface area contributed by atoms with Crippen molar-refractivity contribution in [2.24, 2.45) is 11.5 Å². The largest absolute Gasteiger partial charge is 0.321 e. The van der Waals surface area contributed by atoms with E-state index >= 15 is 8.78 Å². The standard InChI is InChI=1S/C96H108F2N4/c1-9-17-19-21-25-79-65-92(90-62-60-88(68-94(90)98)102(84-53-41-76(42-54-84)72-33-29-70(24-12-4)30-34-72)86-57-45-78(46-58-86)74-37-49-82(50-38-74)96(100,16-8)64-14-6)80(26-22-20-18-10-2)66-91(79)89-61-59-87(67-93(89)97)101(83-51-39-75(40-52-83)71-31-27-69(23-11-3)28-32-71)85-55-43-77(44-56-85)73-35-47-81(48-36-73)95(99,15-7)63-13-5/h27-62,65-68H,9-26,63-64,99-100H2,1-8H3. The van der Waals surface area contributed by atoms with Crippen LogP contribution in [0.3, 0.4) is 0 Å². The second-order valence-corrected chi connectivity index (χ2v) is 28.5. The number of unbranched alkanes of at least 4 members (excludes halogenated alkanes) is 6. The number of benzene rings is 11. The molecule has 0 aliphatic carbocycles. The van der Waals surface area contributed by atoms with E-state index in [0.29, 0.717) is 22.5 Å². The van der Waals surface area contributed by atoms with Crippen LogP contribution in [0.2, 0.25) is 0 Å². The highest BCUT2D eigenvalue weighted by Crippen LogP contribution is 2.45. The number of anilines is 6. The molecule has 2 unspecified atom stereocenters. The Bertz CT molecular complexity index is 4160. The van der Waals surface area contributed by atoms with E-state index in [4.69, 9.17) is 11.5 Å². The highest BCUT2D eigenvalue weighted by Gasteiger charge is 2.27. The predicted molar refractivity (Wildman–Crippen MR) is 434 cm³/mol. The van der Waals surface area contributed by atoms with Gasteiger partial charge in [-0.1, -0.05) is 277 Å². The minimum atomic E-state index is -0.352. The molecule has 526 valence electrons. The molecule has 11 rings (SSSR count). The zero-order chi connectivity index (χ0) is 71.6. The third-order valence-corrected chi connectivity index (χ3v) is 21.3. The molecule has 0 spiro atoms. The zero-order valence-electron chi connectivity index (χ0n) is 62.0. The van der Waals surface area contributed by atoms with Gasteiger partial charge in [-0.05, 0) is 238 Å². The van der Waals surface area contributed by atoms with Crippen LogP contribution >= 0.6 is 0 Å². The monoisotopic (exact) mass is 1350 g/mol. The number of hydrogen-bond donors (Lipinski definition) is 2. The van der Waals surface area contributed by atoms with Gasteiger partial charge < -0.3 is 21.3 Å². The van der Waals surface area contributed by atoms with Gasteiger partial charge in [-0.15, -0.1) is 0 Å². The highest BCUT2D eigenvalue weighted by atomic mass is 19.1. The first kappa shape index (κ1) is 74.0. The van der Waals surface area contributed by atoms with Crippen LogP contribution in [0.5, 0.6) is 0 Å². The number of hydrogen-bond acceptors (Lipinski definition) is 4. The van der Waals surface area contributed by atoms with E-state index in [1.54, 1.807) is 12.1 Å². The fourth-order valence-corrected chi connectivity index (χ4v) is 15.2. The molecule has 0 aromatic heterocycles. The van der Waals surface area contributed by atoms with Crippen LogP contribution in [0.4, 0.5) is 42.9 Å². The van der Waals surface area contributed by atoms with E-state index < -0.39 is 0 Å². The van der Waals surface area contributed by atoms with Gasteiger partial charge in [0.2, 0.25) is 0 Å². The van der Waals surface area contributed by atoms with Crippen LogP contribution in [0.25, 0.3) is 66.8 Å². The number of nitrogens with zero attached hydrogens (tertiary/aromatic N) is 2. The molecule has 6 heteroatoms. The number of halogens is 2. The summed E-state index contributed by atoms with van der Waals surface area (Å²) >= 11 is 0. The lowest BCUT2D eigenvalue weighted by atomic mass is 9.83. The van der Waals surface area contributed by atoms with E-state index in [-0.39, 0.29) is 22.7 Å². The molecule has 11 aromatic carbocycles. The Morgan fingerprint density at radius 3 is 0.794 bits per heavy atom. The molecule has 0 fully saturated rings. The number of aryl methyl sites for hydroxylation is 4. The SMILES string of the molecule is CCCCCCc1cc(-c2ccc(N(c3ccc(-c4ccc(CCC)cc4)cc3)c3ccc(-c4ccc(C(N)(CC)CCC)cc4)cc3)cc2F)c(CCCCCC)cc1-c1ccc(N(c2ccc(-c3ccc(CCC)cc3)cc2)c2ccc(-c3ccc(C(N)(CC)CCC)cc3)cc2)cc1F. The first-order valence-electron chi connectivity index (χ1n) is 38.5. The van der Waals surface area contributed by atoms with Gasteiger partial charge in [0, 0.05) is 56.3 Å². The summed E-state index contributed by atoms with van der Waals surface area (Å²) in [7, 11) is 0. The molecule has 0 saturated heterocycles. The molecule has 4 nitrogen and oxygen atoms in total. The molecule has 4 N–H and O–H groups in total. The Kier molecular flexibility index (Phi) is 25.5. The molecular weight excluding hydrogens is 1250 g/mol. The third kappa shape index (κ3) is 17.5. The van der Waals surface area contributed by atoms with Crippen LogP contribution in [0, 0.1) is 11.6 Å². The maximum absolute atomic E-state index is 18.0. The summed E-state index contributed by atoms with van der Waals surface area (Å²) in [6.07, 6.45) is 19.8. The van der Waals surface area contributed by atoms with Gasteiger partial charge in [-0.2, -0.15) is 0 Å². The van der Waals surface area contributed by atoms with Crippen LogP contribution in [-0.4, -0.2) is 0 Å². The average molecular weight is 1360 g/mol. The molecule has 0 heterocycles. The van der Waals surface area contributed by atoms with Crippen molar-refractivity contribution in [2.45, 2.75) is 195 Å². The molecule has 0 bridgehead atoms.